The van der Waals surface area contributed by atoms with Crippen molar-refractivity contribution in [1.82, 2.24) is 9.88 Å². The minimum atomic E-state index is -0.494. The van der Waals surface area contributed by atoms with Crippen LogP contribution in [0.4, 0.5) is 4.79 Å². The molecule has 0 fully saturated rings. The van der Waals surface area contributed by atoms with Crippen LogP contribution >= 0.6 is 0 Å². The number of aromatic hydroxyl groups is 1. The zero-order valence-corrected chi connectivity index (χ0v) is 25.8. The van der Waals surface area contributed by atoms with Gasteiger partial charge in [-0.2, -0.15) is 0 Å². The number of phenols is 1. The highest BCUT2D eigenvalue weighted by Gasteiger charge is 2.16. The number of methoxy groups -OCH3 is 1. The predicted molar refractivity (Wildman–Crippen MR) is 176 cm³/mol. The Morgan fingerprint density at radius 3 is 2.17 bits per heavy atom. The second kappa shape index (κ2) is 22.7. The number of aromatic amines is 1. The maximum atomic E-state index is 11.7. The van der Waals surface area contributed by atoms with Crippen LogP contribution in [0.2, 0.25) is 0 Å². The molecule has 1 heterocycles. The van der Waals surface area contributed by atoms with Gasteiger partial charge in [-0.15, -0.1) is 0 Å². The number of amides is 1. The summed E-state index contributed by atoms with van der Waals surface area (Å²) in [5.74, 6) is -0.233. The third-order valence-corrected chi connectivity index (χ3v) is 6.90. The van der Waals surface area contributed by atoms with Crippen LogP contribution in [0.1, 0.15) is 89.5 Å². The molecular weight excluding hydrogens is 525 g/mol. The number of rotatable bonds is 19. The van der Waals surface area contributed by atoms with Crippen LogP contribution < -0.4 is 16.4 Å². The van der Waals surface area contributed by atoms with Gasteiger partial charge in [0.1, 0.15) is 35.6 Å². The topological polar surface area (TPSA) is 91.9 Å². The van der Waals surface area contributed by atoms with Gasteiger partial charge >= 0.3 is 6.09 Å². The second-order valence-electron chi connectivity index (χ2n) is 10.3. The highest BCUT2D eigenvalue weighted by molar-refractivity contribution is 6.57. The van der Waals surface area contributed by atoms with Crippen molar-refractivity contribution < 1.29 is 24.2 Å². The third kappa shape index (κ3) is 13.9. The molecule has 10 heteroatoms. The maximum Gasteiger partial charge on any atom is 0.411 e. The molecule has 2 N–H and O–H groups in total. The Bertz CT molecular complexity index is 1120. The van der Waals surface area contributed by atoms with Crippen molar-refractivity contribution in [3.05, 3.63) is 36.1 Å². The summed E-state index contributed by atoms with van der Waals surface area (Å²) in [4.78, 5) is 26.2. The number of carbonyl (C=O) groups is 2. The lowest BCUT2D eigenvalue weighted by atomic mass is 9.73. The number of hydrogen-bond donors (Lipinski definition) is 2. The van der Waals surface area contributed by atoms with E-state index < -0.39 is 6.09 Å². The lowest BCUT2D eigenvalue weighted by Crippen LogP contribution is -2.32. The van der Waals surface area contributed by atoms with Crippen LogP contribution in [0.25, 0.3) is 10.9 Å². The lowest BCUT2D eigenvalue weighted by molar-refractivity contribution is -0.107. The van der Waals surface area contributed by atoms with Crippen LogP contribution in [0.15, 0.2) is 30.5 Å². The Balaban J connectivity index is 0.000000430. The number of nitrogens with one attached hydrogen (secondary N) is 1. The number of unbranched alkanes of at least 4 members (excludes halogenated alkanes) is 9. The SMILES string of the molecule is CCCCC/C=C\C/C=C\CCCCCCCC=O.[B]c1c(O)c([B])c2c(CCN(C)C(=O)OCOC)c[nH]c2c1[B]. The molecule has 0 saturated carbocycles. The number of phenolic OH excluding ortho intramolecular Hbond substituents is 1. The molecule has 0 aliphatic heterocycles. The van der Waals surface area contributed by atoms with Gasteiger partial charge in [-0.05, 0) is 61.4 Å². The molecule has 0 spiro atoms. The van der Waals surface area contributed by atoms with Crippen molar-refractivity contribution >= 4 is 63.2 Å². The van der Waals surface area contributed by atoms with Gasteiger partial charge in [0.25, 0.3) is 0 Å². The van der Waals surface area contributed by atoms with E-state index in [2.05, 4.69) is 40.9 Å². The molecule has 2 rings (SSSR count). The first-order valence-electron chi connectivity index (χ1n) is 15.1. The number of H-pyrrole nitrogens is 1. The van der Waals surface area contributed by atoms with E-state index in [4.69, 9.17) is 28.3 Å². The summed E-state index contributed by atoms with van der Waals surface area (Å²) in [7, 11) is 20.6. The van der Waals surface area contributed by atoms with Crippen molar-refractivity contribution in [3.63, 3.8) is 0 Å². The van der Waals surface area contributed by atoms with Crippen LogP contribution in [0.5, 0.6) is 5.75 Å². The average Bonchev–Trinajstić information content (AvgIpc) is 3.43. The molecule has 224 valence electrons. The highest BCUT2D eigenvalue weighted by Crippen LogP contribution is 2.18. The summed E-state index contributed by atoms with van der Waals surface area (Å²) in [6.07, 6.45) is 26.4. The fourth-order valence-corrected chi connectivity index (χ4v) is 4.35. The van der Waals surface area contributed by atoms with Gasteiger partial charge in [0.2, 0.25) is 0 Å². The number of allylic oxidation sites excluding steroid dienone is 4. The standard InChI is InChI=1S/C18H32O.C14H15B3N2O4/c1-2-3-4-5-6-7-8-9-10-11-12-13-14-15-16-17-18-19;1-19(14(21)23-6-22-2)4-3-7-5-18-12-8(7)9(15)13(20)11(17)10(12)16/h6-7,9-10,18H,2-5,8,11-17H2,1H3;5,18,20H,3-4,6H2,1-2H3/b7-6-,10-9-;. The fourth-order valence-electron chi connectivity index (χ4n) is 4.35. The molecule has 1 amide bonds. The quantitative estimate of drug-likeness (QED) is 0.0853. The summed E-state index contributed by atoms with van der Waals surface area (Å²) in [6.45, 7) is 2.53. The Morgan fingerprint density at radius 2 is 1.55 bits per heavy atom. The molecule has 1 aromatic heterocycles. The smallest absolute Gasteiger partial charge is 0.411 e. The summed E-state index contributed by atoms with van der Waals surface area (Å²) >= 11 is 0. The van der Waals surface area contributed by atoms with Crippen LogP contribution in [-0.2, 0) is 20.7 Å². The maximum absolute atomic E-state index is 11.7. The molecule has 42 heavy (non-hydrogen) atoms. The van der Waals surface area contributed by atoms with Gasteiger partial charge < -0.3 is 29.3 Å². The predicted octanol–water partition coefficient (Wildman–Crippen LogP) is 4.47. The Labute approximate surface area is 256 Å². The molecule has 0 aliphatic rings. The van der Waals surface area contributed by atoms with E-state index >= 15 is 0 Å². The van der Waals surface area contributed by atoms with Crippen LogP contribution in [-0.4, -0.2) is 78.4 Å². The van der Waals surface area contributed by atoms with Crippen LogP contribution in [0, 0.1) is 0 Å². The van der Waals surface area contributed by atoms with Crippen molar-refractivity contribution in [1.29, 1.82) is 0 Å². The number of fused-ring (bicyclic) bond motifs is 1. The van der Waals surface area contributed by atoms with Gasteiger partial charge in [0.05, 0.1) is 0 Å². The van der Waals surface area contributed by atoms with Gasteiger partial charge in [0, 0.05) is 38.8 Å². The summed E-state index contributed by atoms with van der Waals surface area (Å²) in [6, 6.07) is 0. The first kappa shape index (κ1) is 37.2. The van der Waals surface area contributed by atoms with Gasteiger partial charge in [-0.25, -0.2) is 4.79 Å². The molecule has 1 aromatic carbocycles. The van der Waals surface area contributed by atoms with Crippen molar-refractivity contribution in [3.8, 4) is 5.75 Å². The molecule has 0 aliphatic carbocycles. The van der Waals surface area contributed by atoms with Gasteiger partial charge in [0.15, 0.2) is 6.79 Å². The second-order valence-corrected chi connectivity index (χ2v) is 10.3. The van der Waals surface area contributed by atoms with Crippen molar-refractivity contribution in [2.24, 2.45) is 0 Å². The number of aldehydes is 1. The average molecular weight is 572 g/mol. The highest BCUT2D eigenvalue weighted by atomic mass is 16.7. The monoisotopic (exact) mass is 572 g/mol. The summed E-state index contributed by atoms with van der Waals surface area (Å²) in [5.41, 5.74) is 1.82. The fraction of sp³-hybridized carbons (Fsp3) is 0.562. The normalized spacial score (nSPS) is 11.2. The number of nitrogens with zero attached hydrogens (tertiary/aromatic N) is 1. The lowest BCUT2D eigenvalue weighted by Gasteiger charge is -2.17. The number of carbonyl (C=O) groups excluding carboxylic acids is 2. The number of aromatic nitrogens is 1. The first-order valence-corrected chi connectivity index (χ1v) is 15.1. The van der Waals surface area contributed by atoms with Crippen molar-refractivity contribution in [2.75, 3.05) is 27.5 Å². The zero-order chi connectivity index (χ0) is 31.2. The van der Waals surface area contributed by atoms with E-state index in [0.29, 0.717) is 23.9 Å². The van der Waals surface area contributed by atoms with Gasteiger partial charge in [-0.3, -0.25) is 0 Å². The number of ether oxygens (including phenoxy) is 2. The van der Waals surface area contributed by atoms with E-state index in [-0.39, 0.29) is 28.9 Å². The summed E-state index contributed by atoms with van der Waals surface area (Å²) in [5, 5.41) is 10.6. The third-order valence-electron chi connectivity index (χ3n) is 6.90. The summed E-state index contributed by atoms with van der Waals surface area (Å²) < 4.78 is 9.52. The number of benzene rings is 1. The van der Waals surface area contributed by atoms with E-state index in [1.54, 1.807) is 13.2 Å². The number of hydrogen-bond acceptors (Lipinski definition) is 5. The van der Waals surface area contributed by atoms with Crippen molar-refractivity contribution in [2.45, 2.75) is 90.4 Å². The molecule has 0 saturated heterocycles. The largest absolute Gasteiger partial charge is 0.509 e. The minimum Gasteiger partial charge on any atom is -0.509 e. The molecule has 6 radical (unpaired) electrons. The van der Waals surface area contributed by atoms with E-state index in [1.807, 2.05) is 0 Å². The molecule has 0 bridgehead atoms. The Hall–Kier alpha value is -2.87. The minimum absolute atomic E-state index is 0.0451. The van der Waals surface area contributed by atoms with Crippen LogP contribution in [0.3, 0.4) is 0 Å². The molecule has 2 aromatic rings. The Morgan fingerprint density at radius 1 is 0.929 bits per heavy atom. The molecule has 0 atom stereocenters. The van der Waals surface area contributed by atoms with E-state index in [9.17, 15) is 14.7 Å². The Kier molecular flexibility index (Phi) is 20.1. The number of likely N-dealkylation sites (N-methyl/N-ethyl adjacent to an activating group) is 1. The van der Waals surface area contributed by atoms with E-state index in [0.717, 1.165) is 31.1 Å². The van der Waals surface area contributed by atoms with Gasteiger partial charge in [-0.1, -0.05) is 74.3 Å². The molecular formula is C32H47B3N2O5. The molecule has 7 nitrogen and oxygen atoms in total. The first-order chi connectivity index (χ1) is 20.3. The zero-order valence-electron chi connectivity index (χ0n) is 25.8. The van der Waals surface area contributed by atoms with E-state index in [1.165, 1.54) is 69.8 Å². The molecule has 0 unspecified atom stereocenters.